The summed E-state index contributed by atoms with van der Waals surface area (Å²) in [6.45, 7) is 11.8. The lowest BCUT2D eigenvalue weighted by Crippen LogP contribution is -3.12. The molecule has 0 radical (unpaired) electrons. The Kier molecular flexibility index (Phi) is 6.70. The average Bonchev–Trinajstić information content (AvgIpc) is 3.09. The van der Waals surface area contributed by atoms with Gasteiger partial charge in [-0.2, -0.15) is 0 Å². The summed E-state index contributed by atoms with van der Waals surface area (Å²) in [4.78, 5) is 1.62. The summed E-state index contributed by atoms with van der Waals surface area (Å²) in [5.74, 6) is 2.03. The second-order valence-electron chi connectivity index (χ2n) is 8.14. The number of ether oxygens (including phenoxy) is 3. The fraction of sp³-hybridized carbons (Fsp3) is 0.500. The lowest BCUT2D eigenvalue weighted by Gasteiger charge is -2.24. The van der Waals surface area contributed by atoms with Crippen LogP contribution in [0.3, 0.4) is 0 Å². The van der Waals surface area contributed by atoms with Crippen molar-refractivity contribution in [2.24, 2.45) is 0 Å². The predicted octanol–water partition coefficient (Wildman–Crippen LogP) is 1.09. The van der Waals surface area contributed by atoms with E-state index < -0.39 is 0 Å². The molecule has 5 nitrogen and oxygen atoms in total. The van der Waals surface area contributed by atoms with Gasteiger partial charge in [0.1, 0.15) is 50.3 Å². The van der Waals surface area contributed by atoms with E-state index in [2.05, 4.69) is 48.6 Å². The summed E-state index contributed by atoms with van der Waals surface area (Å²) in [5, 5.41) is 2.37. The molecule has 0 spiro atoms. The first-order chi connectivity index (χ1) is 14.2. The van der Waals surface area contributed by atoms with E-state index in [9.17, 15) is 0 Å². The lowest BCUT2D eigenvalue weighted by molar-refractivity contribution is -0.921. The van der Waals surface area contributed by atoms with Crippen molar-refractivity contribution in [3.8, 4) is 11.5 Å². The third kappa shape index (κ3) is 5.10. The highest BCUT2D eigenvalue weighted by molar-refractivity contribution is 5.48. The number of morpholine rings is 1. The zero-order valence-corrected chi connectivity index (χ0v) is 17.7. The van der Waals surface area contributed by atoms with Crippen LogP contribution in [0.15, 0.2) is 36.4 Å². The first kappa shape index (κ1) is 20.2. The SMILES string of the molecule is CCOc1cc2c(cc1C[NH2+]Cc1ccccc1C[NH+]1CCOCC1)O[C@@H](C)C2. The van der Waals surface area contributed by atoms with Gasteiger partial charge in [0.15, 0.2) is 0 Å². The number of hydrogen-bond donors (Lipinski definition) is 2. The zero-order chi connectivity index (χ0) is 20.1. The van der Waals surface area contributed by atoms with Crippen LogP contribution in [-0.2, 0) is 30.8 Å². The van der Waals surface area contributed by atoms with E-state index >= 15 is 0 Å². The van der Waals surface area contributed by atoms with Crippen molar-refractivity contribution < 1.29 is 24.4 Å². The number of nitrogens with two attached hydrogens (primary N) is 1. The summed E-state index contributed by atoms with van der Waals surface area (Å²) < 4.78 is 17.4. The Labute approximate surface area is 174 Å². The van der Waals surface area contributed by atoms with E-state index in [1.807, 2.05) is 6.92 Å². The minimum Gasteiger partial charge on any atom is -0.493 e. The molecule has 29 heavy (non-hydrogen) atoms. The molecule has 0 aromatic heterocycles. The number of nitrogens with one attached hydrogen (secondary N) is 1. The molecule has 0 unspecified atom stereocenters. The summed E-state index contributed by atoms with van der Waals surface area (Å²) in [6.07, 6.45) is 1.23. The average molecular weight is 399 g/mol. The molecular weight excluding hydrogens is 364 g/mol. The smallest absolute Gasteiger partial charge is 0.128 e. The van der Waals surface area contributed by atoms with Crippen LogP contribution < -0.4 is 19.7 Å². The maximum atomic E-state index is 5.97. The molecule has 2 heterocycles. The van der Waals surface area contributed by atoms with Crippen LogP contribution >= 0.6 is 0 Å². The van der Waals surface area contributed by atoms with Crippen LogP contribution in [0, 0.1) is 0 Å². The van der Waals surface area contributed by atoms with Crippen molar-refractivity contribution in [2.75, 3.05) is 32.9 Å². The molecule has 0 saturated carbocycles. The van der Waals surface area contributed by atoms with Gasteiger partial charge in [0.05, 0.1) is 25.4 Å². The van der Waals surface area contributed by atoms with Crippen molar-refractivity contribution in [1.82, 2.24) is 0 Å². The van der Waals surface area contributed by atoms with Crippen molar-refractivity contribution in [2.45, 2.75) is 46.0 Å². The topological polar surface area (TPSA) is 48.7 Å². The van der Waals surface area contributed by atoms with Gasteiger partial charge in [-0.25, -0.2) is 0 Å². The summed E-state index contributed by atoms with van der Waals surface area (Å²) in [6, 6.07) is 13.2. The first-order valence-corrected chi connectivity index (χ1v) is 11.0. The Hall–Kier alpha value is -2.08. The Morgan fingerprint density at radius 1 is 1.07 bits per heavy atom. The largest absolute Gasteiger partial charge is 0.493 e. The van der Waals surface area contributed by atoms with Crippen molar-refractivity contribution in [3.05, 3.63) is 58.7 Å². The summed E-state index contributed by atoms with van der Waals surface area (Å²) in [7, 11) is 0. The fourth-order valence-corrected chi connectivity index (χ4v) is 4.35. The molecule has 1 atom stereocenters. The van der Waals surface area contributed by atoms with E-state index in [0.717, 1.165) is 63.9 Å². The van der Waals surface area contributed by atoms with Crippen LogP contribution in [0.4, 0.5) is 0 Å². The van der Waals surface area contributed by atoms with Gasteiger partial charge >= 0.3 is 0 Å². The molecule has 2 aliphatic rings. The molecule has 2 aromatic rings. The van der Waals surface area contributed by atoms with Gasteiger partial charge < -0.3 is 24.4 Å². The van der Waals surface area contributed by atoms with E-state index in [1.165, 1.54) is 22.3 Å². The highest BCUT2D eigenvalue weighted by atomic mass is 16.5. The van der Waals surface area contributed by atoms with E-state index in [4.69, 9.17) is 14.2 Å². The second kappa shape index (κ2) is 9.61. The summed E-state index contributed by atoms with van der Waals surface area (Å²) in [5.41, 5.74) is 5.37. The molecule has 4 rings (SSSR count). The van der Waals surface area contributed by atoms with Gasteiger partial charge in [0.2, 0.25) is 0 Å². The minimum absolute atomic E-state index is 0.258. The molecule has 1 fully saturated rings. The minimum atomic E-state index is 0.258. The quantitative estimate of drug-likeness (QED) is 0.700. The van der Waals surface area contributed by atoms with Crippen LogP contribution in [0.25, 0.3) is 0 Å². The Balaban J connectivity index is 1.41. The monoisotopic (exact) mass is 398 g/mol. The first-order valence-electron chi connectivity index (χ1n) is 11.0. The molecule has 0 aliphatic carbocycles. The molecule has 2 aliphatic heterocycles. The Bertz CT molecular complexity index is 818. The fourth-order valence-electron chi connectivity index (χ4n) is 4.35. The highest BCUT2D eigenvalue weighted by Crippen LogP contribution is 2.34. The number of quaternary nitrogens is 2. The number of hydrogen-bond acceptors (Lipinski definition) is 3. The van der Waals surface area contributed by atoms with Gasteiger partial charge in [0, 0.05) is 23.1 Å². The molecule has 5 heteroatoms. The molecule has 156 valence electrons. The number of fused-ring (bicyclic) bond motifs is 1. The third-order valence-electron chi connectivity index (χ3n) is 5.87. The van der Waals surface area contributed by atoms with Gasteiger partial charge in [-0.05, 0) is 26.0 Å². The molecule has 3 N–H and O–H groups in total. The van der Waals surface area contributed by atoms with E-state index in [0.29, 0.717) is 6.61 Å². The van der Waals surface area contributed by atoms with Crippen LogP contribution in [0.5, 0.6) is 11.5 Å². The van der Waals surface area contributed by atoms with E-state index in [1.54, 1.807) is 4.90 Å². The molecule has 2 aromatic carbocycles. The van der Waals surface area contributed by atoms with Crippen molar-refractivity contribution in [1.29, 1.82) is 0 Å². The summed E-state index contributed by atoms with van der Waals surface area (Å²) >= 11 is 0. The van der Waals surface area contributed by atoms with Gasteiger partial charge in [-0.3, -0.25) is 0 Å². The maximum Gasteiger partial charge on any atom is 0.128 e. The van der Waals surface area contributed by atoms with Gasteiger partial charge in [-0.15, -0.1) is 0 Å². The third-order valence-corrected chi connectivity index (χ3v) is 5.87. The standard InChI is InChI=1S/C24H32N2O3/c1-3-28-23-13-21-12-18(2)29-24(21)14-22(23)16-25-15-19-6-4-5-7-20(19)17-26-8-10-27-11-9-26/h4-7,13-14,18,25H,3,8-12,15-17H2,1-2H3/p+2/t18-/m0/s1. The Morgan fingerprint density at radius 3 is 2.62 bits per heavy atom. The lowest BCUT2D eigenvalue weighted by atomic mass is 10.1. The number of rotatable bonds is 8. The van der Waals surface area contributed by atoms with E-state index in [-0.39, 0.29) is 6.10 Å². The van der Waals surface area contributed by atoms with Crippen LogP contribution in [0.2, 0.25) is 0 Å². The van der Waals surface area contributed by atoms with Crippen molar-refractivity contribution >= 4 is 0 Å². The molecular formula is C24H34N2O3+2. The molecule has 0 amide bonds. The number of benzene rings is 2. The van der Waals surface area contributed by atoms with Crippen LogP contribution in [-0.4, -0.2) is 39.0 Å². The van der Waals surface area contributed by atoms with Crippen LogP contribution in [0.1, 0.15) is 36.1 Å². The van der Waals surface area contributed by atoms with Gasteiger partial charge in [0.25, 0.3) is 0 Å². The highest BCUT2D eigenvalue weighted by Gasteiger charge is 2.22. The maximum absolute atomic E-state index is 5.97. The molecule has 0 bridgehead atoms. The normalized spacial score (nSPS) is 19.0. The predicted molar refractivity (Wildman–Crippen MR) is 112 cm³/mol. The second-order valence-corrected chi connectivity index (χ2v) is 8.14. The zero-order valence-electron chi connectivity index (χ0n) is 17.7. The van der Waals surface area contributed by atoms with Crippen molar-refractivity contribution in [3.63, 3.8) is 0 Å². The molecule has 1 saturated heterocycles. The van der Waals surface area contributed by atoms with Gasteiger partial charge in [-0.1, -0.05) is 24.3 Å². The Morgan fingerprint density at radius 2 is 1.83 bits per heavy atom.